The van der Waals surface area contributed by atoms with E-state index < -0.39 is 5.97 Å². The van der Waals surface area contributed by atoms with Crippen LogP contribution in [0.15, 0.2) is 18.2 Å². The predicted octanol–water partition coefficient (Wildman–Crippen LogP) is 0.610. The van der Waals surface area contributed by atoms with E-state index in [1.54, 1.807) is 6.07 Å². The lowest BCUT2D eigenvalue weighted by Crippen LogP contribution is -2.31. The fourth-order valence-corrected chi connectivity index (χ4v) is 2.28. The number of amides is 2. The molecule has 0 saturated carbocycles. The third-order valence-electron chi connectivity index (χ3n) is 3.44. The molecular formula is C15H19N3O4. The second-order valence-electron chi connectivity index (χ2n) is 4.99. The topological polar surface area (TPSA) is 88.6 Å². The maximum absolute atomic E-state index is 12.0. The van der Waals surface area contributed by atoms with E-state index in [0.717, 1.165) is 13.0 Å². The summed E-state index contributed by atoms with van der Waals surface area (Å²) in [6, 6.07) is 4.60. The monoisotopic (exact) mass is 305 g/mol. The van der Waals surface area contributed by atoms with Crippen LogP contribution in [0.1, 0.15) is 40.2 Å². The van der Waals surface area contributed by atoms with Crippen molar-refractivity contribution in [3.8, 4) is 0 Å². The van der Waals surface area contributed by atoms with E-state index in [-0.39, 0.29) is 23.2 Å². The predicted molar refractivity (Wildman–Crippen MR) is 78.3 cm³/mol. The fourth-order valence-electron chi connectivity index (χ4n) is 2.28. The second kappa shape index (κ2) is 7.53. The Balaban J connectivity index is 1.79. The number of methoxy groups -OCH3 is 1. The molecule has 1 aliphatic heterocycles. The number of ether oxygens (including phenoxy) is 1. The van der Waals surface area contributed by atoms with Crippen LogP contribution in [0, 0.1) is 0 Å². The number of carbonyl (C=O) groups excluding carboxylic acids is 3. The SMILES string of the molecule is COC(=O)c1cccc(C(=O)NCCCN2CCCC2=O)n1. The van der Waals surface area contributed by atoms with Gasteiger partial charge in [-0.25, -0.2) is 9.78 Å². The van der Waals surface area contributed by atoms with Gasteiger partial charge in [0.15, 0.2) is 0 Å². The minimum absolute atomic E-state index is 0.0952. The first-order valence-electron chi connectivity index (χ1n) is 7.23. The van der Waals surface area contributed by atoms with E-state index in [0.29, 0.717) is 25.9 Å². The van der Waals surface area contributed by atoms with Gasteiger partial charge in [0.1, 0.15) is 11.4 Å². The molecule has 1 aromatic rings. The van der Waals surface area contributed by atoms with Gasteiger partial charge >= 0.3 is 5.97 Å². The quantitative estimate of drug-likeness (QED) is 0.614. The highest BCUT2D eigenvalue weighted by molar-refractivity contribution is 5.94. The number of nitrogens with zero attached hydrogens (tertiary/aromatic N) is 2. The zero-order valence-electron chi connectivity index (χ0n) is 12.5. The first kappa shape index (κ1) is 15.9. The summed E-state index contributed by atoms with van der Waals surface area (Å²) in [6.07, 6.45) is 2.22. The average molecular weight is 305 g/mol. The van der Waals surface area contributed by atoms with E-state index in [1.165, 1.54) is 19.2 Å². The van der Waals surface area contributed by atoms with Crippen molar-refractivity contribution >= 4 is 17.8 Å². The third-order valence-corrected chi connectivity index (χ3v) is 3.44. The summed E-state index contributed by atoms with van der Waals surface area (Å²) in [4.78, 5) is 40.5. The van der Waals surface area contributed by atoms with Gasteiger partial charge in [0, 0.05) is 26.1 Å². The number of esters is 1. The molecule has 2 amide bonds. The van der Waals surface area contributed by atoms with Gasteiger partial charge in [0.05, 0.1) is 7.11 Å². The summed E-state index contributed by atoms with van der Waals surface area (Å²) >= 11 is 0. The highest BCUT2D eigenvalue weighted by Gasteiger charge is 2.19. The Bertz CT molecular complexity index is 574. The average Bonchev–Trinajstić information content (AvgIpc) is 2.95. The van der Waals surface area contributed by atoms with Crippen LogP contribution in [-0.2, 0) is 9.53 Å². The van der Waals surface area contributed by atoms with Crippen molar-refractivity contribution in [1.82, 2.24) is 15.2 Å². The molecule has 0 spiro atoms. The Morgan fingerprint density at radius 2 is 2.14 bits per heavy atom. The maximum atomic E-state index is 12.0. The van der Waals surface area contributed by atoms with Gasteiger partial charge in [-0.2, -0.15) is 0 Å². The van der Waals surface area contributed by atoms with Crippen LogP contribution in [0.25, 0.3) is 0 Å². The van der Waals surface area contributed by atoms with Crippen molar-refractivity contribution in [2.24, 2.45) is 0 Å². The van der Waals surface area contributed by atoms with Crippen LogP contribution >= 0.6 is 0 Å². The summed E-state index contributed by atoms with van der Waals surface area (Å²) in [6.45, 7) is 1.90. The molecule has 2 heterocycles. The lowest BCUT2D eigenvalue weighted by Gasteiger charge is -2.15. The second-order valence-corrected chi connectivity index (χ2v) is 4.99. The standard InChI is InChI=1S/C15H19N3O4/c1-22-15(21)12-6-2-5-11(17-12)14(20)16-8-4-10-18-9-3-7-13(18)19/h2,5-6H,3-4,7-10H2,1H3,(H,16,20). The molecule has 0 aliphatic carbocycles. The highest BCUT2D eigenvalue weighted by Crippen LogP contribution is 2.09. The van der Waals surface area contributed by atoms with Gasteiger partial charge in [-0.3, -0.25) is 9.59 Å². The molecule has 0 bridgehead atoms. The molecule has 1 aliphatic rings. The van der Waals surface area contributed by atoms with E-state index in [1.807, 2.05) is 4.90 Å². The molecule has 7 nitrogen and oxygen atoms in total. The van der Waals surface area contributed by atoms with Crippen molar-refractivity contribution in [3.05, 3.63) is 29.6 Å². The Morgan fingerprint density at radius 1 is 1.36 bits per heavy atom. The Hall–Kier alpha value is -2.44. The van der Waals surface area contributed by atoms with Crippen LogP contribution < -0.4 is 5.32 Å². The Kier molecular flexibility index (Phi) is 5.46. The first-order valence-corrected chi connectivity index (χ1v) is 7.23. The number of carbonyl (C=O) groups is 3. The van der Waals surface area contributed by atoms with Gasteiger partial charge in [-0.1, -0.05) is 6.07 Å². The Morgan fingerprint density at radius 3 is 2.82 bits per heavy atom. The van der Waals surface area contributed by atoms with Crippen LogP contribution in [0.2, 0.25) is 0 Å². The smallest absolute Gasteiger partial charge is 0.356 e. The number of nitrogens with one attached hydrogen (secondary N) is 1. The number of hydrogen-bond acceptors (Lipinski definition) is 5. The lowest BCUT2D eigenvalue weighted by atomic mass is 10.3. The first-order chi connectivity index (χ1) is 10.6. The number of pyridine rings is 1. The molecular weight excluding hydrogens is 286 g/mol. The molecule has 2 rings (SSSR count). The normalized spacial score (nSPS) is 14.0. The van der Waals surface area contributed by atoms with E-state index in [2.05, 4.69) is 15.0 Å². The third kappa shape index (κ3) is 4.03. The van der Waals surface area contributed by atoms with Crippen LogP contribution in [0.3, 0.4) is 0 Å². The van der Waals surface area contributed by atoms with Gasteiger partial charge in [0.2, 0.25) is 5.91 Å². The van der Waals surface area contributed by atoms with Gasteiger partial charge < -0.3 is 15.0 Å². The summed E-state index contributed by atoms with van der Waals surface area (Å²) in [5, 5.41) is 2.73. The van der Waals surface area contributed by atoms with Gasteiger partial charge in [-0.05, 0) is 25.0 Å². The van der Waals surface area contributed by atoms with E-state index in [4.69, 9.17) is 0 Å². The fraction of sp³-hybridized carbons (Fsp3) is 0.467. The molecule has 0 radical (unpaired) electrons. The zero-order chi connectivity index (χ0) is 15.9. The number of rotatable bonds is 6. The molecule has 1 N–H and O–H groups in total. The van der Waals surface area contributed by atoms with Crippen molar-refractivity contribution in [2.45, 2.75) is 19.3 Å². The minimum atomic E-state index is -0.581. The van der Waals surface area contributed by atoms with Crippen molar-refractivity contribution in [2.75, 3.05) is 26.7 Å². The molecule has 1 fully saturated rings. The van der Waals surface area contributed by atoms with E-state index >= 15 is 0 Å². The van der Waals surface area contributed by atoms with Crippen molar-refractivity contribution in [3.63, 3.8) is 0 Å². The van der Waals surface area contributed by atoms with Crippen LogP contribution in [0.4, 0.5) is 0 Å². The highest BCUT2D eigenvalue weighted by atomic mass is 16.5. The number of likely N-dealkylation sites (tertiary alicyclic amines) is 1. The molecule has 7 heteroatoms. The molecule has 1 aromatic heterocycles. The molecule has 0 atom stereocenters. The molecule has 1 saturated heterocycles. The van der Waals surface area contributed by atoms with Crippen molar-refractivity contribution in [1.29, 1.82) is 0 Å². The summed E-state index contributed by atoms with van der Waals surface area (Å²) in [5.41, 5.74) is 0.262. The van der Waals surface area contributed by atoms with Gasteiger partial charge in [-0.15, -0.1) is 0 Å². The van der Waals surface area contributed by atoms with Gasteiger partial charge in [0.25, 0.3) is 5.91 Å². The van der Waals surface area contributed by atoms with Crippen LogP contribution in [-0.4, -0.2) is 54.4 Å². The zero-order valence-corrected chi connectivity index (χ0v) is 12.5. The van der Waals surface area contributed by atoms with Crippen molar-refractivity contribution < 1.29 is 19.1 Å². The summed E-state index contributed by atoms with van der Waals surface area (Å²) in [5.74, 6) is -0.750. The maximum Gasteiger partial charge on any atom is 0.356 e. The minimum Gasteiger partial charge on any atom is -0.464 e. The summed E-state index contributed by atoms with van der Waals surface area (Å²) < 4.78 is 4.57. The number of hydrogen-bond donors (Lipinski definition) is 1. The molecule has 0 unspecified atom stereocenters. The molecule has 118 valence electrons. The number of aromatic nitrogens is 1. The molecule has 22 heavy (non-hydrogen) atoms. The van der Waals surface area contributed by atoms with E-state index in [9.17, 15) is 14.4 Å². The van der Waals surface area contributed by atoms with Crippen LogP contribution in [0.5, 0.6) is 0 Å². The Labute approximate surface area is 128 Å². The largest absolute Gasteiger partial charge is 0.464 e. The summed E-state index contributed by atoms with van der Waals surface area (Å²) in [7, 11) is 1.26. The lowest BCUT2D eigenvalue weighted by molar-refractivity contribution is -0.127. The molecule has 0 aromatic carbocycles.